The van der Waals surface area contributed by atoms with Crippen LogP contribution in [0.25, 0.3) is 0 Å². The first-order valence-corrected chi connectivity index (χ1v) is 11.5. The fourth-order valence-corrected chi connectivity index (χ4v) is 4.78. The molecule has 3 aromatic carbocycles. The molecule has 0 bridgehead atoms. The normalized spacial score (nSPS) is 14.1. The monoisotopic (exact) mass is 606 g/mol. The molecule has 1 aliphatic rings. The van der Waals surface area contributed by atoms with E-state index >= 15 is 4.39 Å². The van der Waals surface area contributed by atoms with Gasteiger partial charge in [-0.25, -0.2) is 8.78 Å². The lowest BCUT2D eigenvalue weighted by molar-refractivity contribution is -0.348. The number of halogens is 9. The van der Waals surface area contributed by atoms with Crippen molar-refractivity contribution in [2.24, 2.45) is 0 Å². The van der Waals surface area contributed by atoms with E-state index in [0.717, 1.165) is 17.9 Å². The highest BCUT2D eigenvalue weighted by atomic mass is 79.9. The van der Waals surface area contributed by atoms with Gasteiger partial charge in [-0.05, 0) is 58.2 Å². The number of amides is 2. The molecular weight excluding hydrogens is 592 g/mol. The molecule has 200 valence electrons. The van der Waals surface area contributed by atoms with E-state index in [1.165, 1.54) is 12.1 Å². The lowest BCUT2D eigenvalue weighted by Gasteiger charge is -2.31. The van der Waals surface area contributed by atoms with Gasteiger partial charge in [-0.1, -0.05) is 30.3 Å². The number of carbonyl (C=O) groups excluding carboxylic acids is 2. The summed E-state index contributed by atoms with van der Waals surface area (Å²) in [6.07, 6.45) is -12.6. The Hall–Kier alpha value is -3.48. The molecule has 0 aromatic heterocycles. The fourth-order valence-electron chi connectivity index (χ4n) is 4.12. The minimum atomic E-state index is -6.32. The van der Waals surface area contributed by atoms with Crippen molar-refractivity contribution in [3.05, 3.63) is 92.7 Å². The van der Waals surface area contributed by atoms with Crippen LogP contribution in [0.3, 0.4) is 0 Å². The molecule has 4 nitrogen and oxygen atoms in total. The molecule has 0 atom stereocenters. The Balaban J connectivity index is 1.66. The number of rotatable bonds is 4. The number of carbonyl (C=O) groups is 2. The topological polar surface area (TPSA) is 49.4 Å². The van der Waals surface area contributed by atoms with Gasteiger partial charge in [0.15, 0.2) is 5.82 Å². The second-order valence-electron chi connectivity index (χ2n) is 8.45. The number of nitrogens with zero attached hydrogens (tertiary/aromatic N) is 1. The molecule has 2 amide bonds. The average Bonchev–Trinajstić information content (AvgIpc) is 3.15. The fraction of sp³-hybridized carbons (Fsp3) is 0.200. The third kappa shape index (κ3) is 4.42. The van der Waals surface area contributed by atoms with Crippen LogP contribution < -0.4 is 10.2 Å². The highest BCUT2D eigenvalue weighted by molar-refractivity contribution is 9.10. The summed E-state index contributed by atoms with van der Waals surface area (Å²) in [5.74, 6) is -2.67. The van der Waals surface area contributed by atoms with Crippen LogP contribution in [0.1, 0.15) is 37.4 Å². The number of anilines is 2. The first kappa shape index (κ1) is 27.6. The molecule has 0 saturated heterocycles. The number of fused-ring (bicyclic) bond motifs is 1. The van der Waals surface area contributed by atoms with Gasteiger partial charge < -0.3 is 10.2 Å². The smallest absolute Gasteiger partial charge is 0.321 e. The zero-order valence-corrected chi connectivity index (χ0v) is 20.7. The summed E-state index contributed by atoms with van der Waals surface area (Å²) in [6.45, 7) is 1.09. The van der Waals surface area contributed by atoms with Crippen LogP contribution in [0.4, 0.5) is 46.5 Å². The first-order valence-electron chi connectivity index (χ1n) is 10.7. The van der Waals surface area contributed by atoms with E-state index in [4.69, 9.17) is 0 Å². The van der Waals surface area contributed by atoms with E-state index in [-0.39, 0.29) is 29.5 Å². The second-order valence-corrected chi connectivity index (χ2v) is 9.30. The van der Waals surface area contributed by atoms with Crippen molar-refractivity contribution in [3.63, 3.8) is 0 Å². The van der Waals surface area contributed by atoms with Crippen molar-refractivity contribution < 1.29 is 44.7 Å². The summed E-state index contributed by atoms with van der Waals surface area (Å²) in [7, 11) is 0. The van der Waals surface area contributed by atoms with E-state index in [2.05, 4.69) is 21.2 Å². The molecule has 38 heavy (non-hydrogen) atoms. The van der Waals surface area contributed by atoms with Crippen LogP contribution in [-0.4, -0.2) is 24.2 Å². The predicted molar refractivity (Wildman–Crippen MR) is 125 cm³/mol. The maximum absolute atomic E-state index is 15.4. The summed E-state index contributed by atoms with van der Waals surface area (Å²) >= 11 is 2.77. The van der Waals surface area contributed by atoms with Crippen molar-refractivity contribution >= 4 is 39.1 Å². The van der Waals surface area contributed by atoms with E-state index in [1.807, 2.05) is 0 Å². The third-order valence-electron chi connectivity index (χ3n) is 6.04. The molecule has 1 heterocycles. The largest absolute Gasteiger partial charge is 0.435 e. The van der Waals surface area contributed by atoms with Crippen molar-refractivity contribution in [1.29, 1.82) is 0 Å². The molecule has 0 radical (unpaired) electrons. The molecule has 0 unspecified atom stereocenters. The summed E-state index contributed by atoms with van der Waals surface area (Å²) in [6, 6.07) is 10.8. The number of alkyl halides is 7. The standard InChI is InChI=1S/C25H15BrF8N2O2/c1-12-9-14(23(28,24(29,30)31)25(32,33)34)10-17(26)20(12)35-21(37)16-7-4-8-18(19(16)27)36-11-13-5-2-3-6-15(13)22(36)38/h2-10H,11H2,1H3,(H,35,37). The maximum Gasteiger partial charge on any atom is 0.435 e. The lowest BCUT2D eigenvalue weighted by atomic mass is 9.92. The zero-order chi connectivity index (χ0) is 28.2. The first-order chi connectivity index (χ1) is 17.6. The van der Waals surface area contributed by atoms with Crippen LogP contribution in [0.15, 0.2) is 59.1 Å². The van der Waals surface area contributed by atoms with Crippen LogP contribution in [0, 0.1) is 12.7 Å². The minimum Gasteiger partial charge on any atom is -0.321 e. The Labute approximate surface area is 218 Å². The number of nitrogens with one attached hydrogen (secondary N) is 1. The predicted octanol–water partition coefficient (Wildman–Crippen LogP) is 7.60. The van der Waals surface area contributed by atoms with Crippen molar-refractivity contribution in [3.8, 4) is 0 Å². The van der Waals surface area contributed by atoms with Gasteiger partial charge in [-0.3, -0.25) is 9.59 Å². The molecule has 0 fully saturated rings. The minimum absolute atomic E-state index is 0.0481. The molecular formula is C25H15BrF8N2O2. The summed E-state index contributed by atoms with van der Waals surface area (Å²) < 4.78 is 108. The van der Waals surface area contributed by atoms with Crippen molar-refractivity contribution in [2.45, 2.75) is 31.5 Å². The number of hydrogen-bond acceptors (Lipinski definition) is 2. The van der Waals surface area contributed by atoms with Gasteiger partial charge in [-0.2, -0.15) is 26.3 Å². The molecule has 0 aliphatic carbocycles. The zero-order valence-electron chi connectivity index (χ0n) is 19.1. The molecule has 0 saturated carbocycles. The molecule has 0 spiro atoms. The second kappa shape index (κ2) is 9.37. The van der Waals surface area contributed by atoms with Gasteiger partial charge in [0.05, 0.1) is 23.5 Å². The number of benzene rings is 3. The Bertz CT molecular complexity index is 1420. The number of aryl methyl sites for hydroxylation is 1. The summed E-state index contributed by atoms with van der Waals surface area (Å²) in [5, 5.41) is 2.22. The molecule has 13 heteroatoms. The SMILES string of the molecule is Cc1cc(C(F)(C(F)(F)F)C(F)(F)F)cc(Br)c1NC(=O)c1cccc(N2Cc3ccccc3C2=O)c1F. The highest BCUT2D eigenvalue weighted by Crippen LogP contribution is 2.54. The van der Waals surface area contributed by atoms with Crippen LogP contribution in [0.5, 0.6) is 0 Å². The molecule has 1 N–H and O–H groups in total. The van der Waals surface area contributed by atoms with Crippen LogP contribution in [0.2, 0.25) is 0 Å². The lowest BCUT2D eigenvalue weighted by Crippen LogP contribution is -2.50. The Kier molecular flexibility index (Phi) is 6.79. The highest BCUT2D eigenvalue weighted by Gasteiger charge is 2.73. The molecule has 1 aliphatic heterocycles. The Morgan fingerprint density at radius 3 is 2.16 bits per heavy atom. The van der Waals surface area contributed by atoms with E-state index < -0.39 is 51.3 Å². The van der Waals surface area contributed by atoms with Crippen molar-refractivity contribution in [1.82, 2.24) is 0 Å². The van der Waals surface area contributed by atoms with Gasteiger partial charge in [0.2, 0.25) is 0 Å². The van der Waals surface area contributed by atoms with Crippen molar-refractivity contribution in [2.75, 3.05) is 10.2 Å². The molecule has 4 rings (SSSR count). The maximum atomic E-state index is 15.4. The quantitative estimate of drug-likeness (QED) is 0.311. The van der Waals surface area contributed by atoms with Gasteiger partial charge in [-0.15, -0.1) is 0 Å². The van der Waals surface area contributed by atoms with Gasteiger partial charge in [0, 0.05) is 15.6 Å². The summed E-state index contributed by atoms with van der Waals surface area (Å²) in [4.78, 5) is 26.8. The van der Waals surface area contributed by atoms with E-state index in [1.54, 1.807) is 24.3 Å². The van der Waals surface area contributed by atoms with Crippen LogP contribution >= 0.6 is 15.9 Å². The number of hydrogen-bond donors (Lipinski definition) is 1. The Morgan fingerprint density at radius 2 is 1.58 bits per heavy atom. The van der Waals surface area contributed by atoms with Gasteiger partial charge in [0.1, 0.15) is 0 Å². The van der Waals surface area contributed by atoms with E-state index in [9.17, 15) is 40.3 Å². The van der Waals surface area contributed by atoms with E-state index in [0.29, 0.717) is 17.2 Å². The average molecular weight is 607 g/mol. The van der Waals surface area contributed by atoms with Gasteiger partial charge >= 0.3 is 18.0 Å². The third-order valence-corrected chi connectivity index (χ3v) is 6.67. The Morgan fingerprint density at radius 1 is 0.947 bits per heavy atom. The van der Waals surface area contributed by atoms with Crippen LogP contribution in [-0.2, 0) is 12.2 Å². The van der Waals surface area contributed by atoms with Gasteiger partial charge in [0.25, 0.3) is 11.8 Å². The summed E-state index contributed by atoms with van der Waals surface area (Å²) in [5.41, 5.74) is -7.83. The molecule has 3 aromatic rings.